The predicted molar refractivity (Wildman–Crippen MR) is 117 cm³/mol. The van der Waals surface area contributed by atoms with Crippen molar-refractivity contribution in [1.29, 1.82) is 0 Å². The molecule has 2 aromatic carbocycles. The molecule has 8 nitrogen and oxygen atoms in total. The van der Waals surface area contributed by atoms with Gasteiger partial charge in [-0.2, -0.15) is 0 Å². The summed E-state index contributed by atoms with van der Waals surface area (Å²) in [6, 6.07) is 12.7. The molecule has 2 N–H and O–H groups in total. The second-order valence-electron chi connectivity index (χ2n) is 7.61. The molecule has 0 saturated carbocycles. The summed E-state index contributed by atoms with van der Waals surface area (Å²) >= 11 is 0. The second kappa shape index (κ2) is 9.70. The molecule has 164 valence electrons. The smallest absolute Gasteiger partial charge is 0.238 e. The number of carbonyl (C=O) groups excluding carboxylic acids is 2. The number of likely N-dealkylation sites (tertiary alicyclic amines) is 1. The van der Waals surface area contributed by atoms with E-state index in [9.17, 15) is 9.59 Å². The molecule has 0 aromatic heterocycles. The molecule has 8 heteroatoms. The Bertz CT molecular complexity index is 923. The lowest BCUT2D eigenvalue weighted by Crippen LogP contribution is -2.41. The Hall–Kier alpha value is -3.26. The van der Waals surface area contributed by atoms with Gasteiger partial charge in [0.2, 0.25) is 18.6 Å². The van der Waals surface area contributed by atoms with Crippen LogP contribution in [0.5, 0.6) is 17.2 Å². The van der Waals surface area contributed by atoms with Gasteiger partial charge >= 0.3 is 0 Å². The summed E-state index contributed by atoms with van der Waals surface area (Å²) in [5.74, 6) is 1.98. The number of rotatable bonds is 7. The third-order valence-electron chi connectivity index (χ3n) is 5.41. The predicted octanol–water partition coefficient (Wildman–Crippen LogP) is 3.10. The van der Waals surface area contributed by atoms with Crippen molar-refractivity contribution in [2.45, 2.75) is 19.8 Å². The first-order valence-electron chi connectivity index (χ1n) is 10.6. The number of piperidine rings is 1. The van der Waals surface area contributed by atoms with Crippen LogP contribution in [0.4, 0.5) is 11.4 Å². The number of anilines is 2. The van der Waals surface area contributed by atoms with Crippen LogP contribution >= 0.6 is 0 Å². The molecule has 0 radical (unpaired) electrons. The second-order valence-corrected chi connectivity index (χ2v) is 7.61. The lowest BCUT2D eigenvalue weighted by molar-refractivity contribution is -0.121. The van der Waals surface area contributed by atoms with Crippen molar-refractivity contribution in [3.8, 4) is 17.2 Å². The molecule has 2 aliphatic heterocycles. The molecule has 2 heterocycles. The minimum atomic E-state index is -0.0733. The molecule has 1 fully saturated rings. The van der Waals surface area contributed by atoms with Crippen LogP contribution in [0.25, 0.3) is 0 Å². The number of nitrogens with one attached hydrogen (secondary N) is 2. The molecule has 0 atom stereocenters. The van der Waals surface area contributed by atoms with Gasteiger partial charge in [0.15, 0.2) is 11.5 Å². The molecule has 0 spiro atoms. The maximum absolute atomic E-state index is 12.6. The summed E-state index contributed by atoms with van der Waals surface area (Å²) in [5, 5.41) is 5.87. The number of ether oxygens (including phenoxy) is 3. The van der Waals surface area contributed by atoms with Crippen molar-refractivity contribution in [3.05, 3.63) is 42.5 Å². The van der Waals surface area contributed by atoms with Crippen LogP contribution in [0.1, 0.15) is 19.8 Å². The Morgan fingerprint density at radius 1 is 1.00 bits per heavy atom. The minimum Gasteiger partial charge on any atom is -0.494 e. The molecule has 0 aliphatic carbocycles. The minimum absolute atomic E-state index is 0.00245. The van der Waals surface area contributed by atoms with Gasteiger partial charge in [0.1, 0.15) is 5.75 Å². The van der Waals surface area contributed by atoms with Gasteiger partial charge in [-0.25, -0.2) is 0 Å². The maximum atomic E-state index is 12.6. The van der Waals surface area contributed by atoms with Gasteiger partial charge in [-0.05, 0) is 69.3 Å². The number of carbonyl (C=O) groups is 2. The summed E-state index contributed by atoms with van der Waals surface area (Å²) in [7, 11) is 0. The van der Waals surface area contributed by atoms with Crippen LogP contribution in [0.15, 0.2) is 42.5 Å². The zero-order chi connectivity index (χ0) is 21.6. The van der Waals surface area contributed by atoms with E-state index in [0.717, 1.165) is 11.4 Å². The quantitative estimate of drug-likeness (QED) is 0.709. The summed E-state index contributed by atoms with van der Waals surface area (Å²) < 4.78 is 16.1. The normalized spacial score (nSPS) is 16.0. The summed E-state index contributed by atoms with van der Waals surface area (Å²) in [6.07, 6.45) is 1.43. The van der Waals surface area contributed by atoms with Crippen LogP contribution in [0.2, 0.25) is 0 Å². The van der Waals surface area contributed by atoms with E-state index >= 15 is 0 Å². The molecule has 31 heavy (non-hydrogen) atoms. The molecular formula is C23H27N3O5. The van der Waals surface area contributed by atoms with Gasteiger partial charge in [0, 0.05) is 23.4 Å². The van der Waals surface area contributed by atoms with Crippen molar-refractivity contribution >= 4 is 23.2 Å². The number of hydrogen-bond acceptors (Lipinski definition) is 6. The fourth-order valence-corrected chi connectivity index (χ4v) is 3.78. The number of hydrogen-bond donors (Lipinski definition) is 2. The Labute approximate surface area is 181 Å². The summed E-state index contributed by atoms with van der Waals surface area (Å²) in [4.78, 5) is 27.1. The monoisotopic (exact) mass is 425 g/mol. The third-order valence-corrected chi connectivity index (χ3v) is 5.41. The highest BCUT2D eigenvalue weighted by molar-refractivity contribution is 5.93. The van der Waals surface area contributed by atoms with Gasteiger partial charge in [0.25, 0.3) is 0 Å². The van der Waals surface area contributed by atoms with E-state index < -0.39 is 0 Å². The Morgan fingerprint density at radius 2 is 1.71 bits per heavy atom. The lowest BCUT2D eigenvalue weighted by atomic mass is 9.95. The number of nitrogens with zero attached hydrogens (tertiary/aromatic N) is 1. The molecule has 1 saturated heterocycles. The van der Waals surface area contributed by atoms with Crippen LogP contribution in [-0.2, 0) is 9.59 Å². The van der Waals surface area contributed by atoms with E-state index in [1.807, 2.05) is 37.3 Å². The van der Waals surface area contributed by atoms with E-state index in [4.69, 9.17) is 14.2 Å². The number of fused-ring (bicyclic) bond motifs is 1. The van der Waals surface area contributed by atoms with Crippen LogP contribution in [-0.4, -0.2) is 49.7 Å². The van der Waals surface area contributed by atoms with Gasteiger partial charge in [-0.3, -0.25) is 14.5 Å². The van der Waals surface area contributed by atoms with Gasteiger partial charge < -0.3 is 24.8 Å². The molecular weight excluding hydrogens is 398 g/mol. The molecule has 4 rings (SSSR count). The Balaban J connectivity index is 1.21. The SMILES string of the molecule is CCOc1ccc(NC(=O)CN2CCC(C(=O)Nc3ccc4c(c3)OCO4)CC2)cc1. The van der Waals surface area contributed by atoms with E-state index in [1.54, 1.807) is 12.1 Å². The van der Waals surface area contributed by atoms with Crippen molar-refractivity contribution in [1.82, 2.24) is 4.90 Å². The summed E-state index contributed by atoms with van der Waals surface area (Å²) in [5.41, 5.74) is 1.44. The van der Waals surface area contributed by atoms with Crippen molar-refractivity contribution < 1.29 is 23.8 Å². The standard InChI is InChI=1S/C23H27N3O5/c1-2-29-19-6-3-17(4-7-19)24-22(27)14-26-11-9-16(10-12-26)23(28)25-18-5-8-20-21(13-18)31-15-30-20/h3-8,13,16H,2,9-12,14-15H2,1H3,(H,24,27)(H,25,28). The summed E-state index contributed by atoms with van der Waals surface area (Å²) in [6.45, 7) is 4.46. The van der Waals surface area contributed by atoms with E-state index in [-0.39, 0.29) is 24.5 Å². The van der Waals surface area contributed by atoms with Gasteiger partial charge in [-0.15, -0.1) is 0 Å². The average Bonchev–Trinajstić information content (AvgIpc) is 3.24. The molecule has 2 aliphatic rings. The third kappa shape index (κ3) is 5.46. The zero-order valence-corrected chi connectivity index (χ0v) is 17.6. The van der Waals surface area contributed by atoms with Crippen molar-refractivity contribution in [3.63, 3.8) is 0 Å². The van der Waals surface area contributed by atoms with Crippen molar-refractivity contribution in [2.24, 2.45) is 5.92 Å². The van der Waals surface area contributed by atoms with Gasteiger partial charge in [-0.1, -0.05) is 0 Å². The van der Waals surface area contributed by atoms with Crippen molar-refractivity contribution in [2.75, 3.05) is 43.7 Å². The Kier molecular flexibility index (Phi) is 6.57. The first-order chi connectivity index (χ1) is 15.1. The topological polar surface area (TPSA) is 89.1 Å². The highest BCUT2D eigenvalue weighted by atomic mass is 16.7. The largest absolute Gasteiger partial charge is 0.494 e. The highest BCUT2D eigenvalue weighted by Crippen LogP contribution is 2.34. The first-order valence-corrected chi connectivity index (χ1v) is 10.6. The molecule has 0 bridgehead atoms. The number of benzene rings is 2. The van der Waals surface area contributed by atoms with E-state index in [2.05, 4.69) is 15.5 Å². The zero-order valence-electron chi connectivity index (χ0n) is 17.6. The average molecular weight is 425 g/mol. The number of amides is 2. The molecule has 2 amide bonds. The lowest BCUT2D eigenvalue weighted by Gasteiger charge is -2.30. The molecule has 0 unspecified atom stereocenters. The van der Waals surface area contributed by atoms with Crippen LogP contribution < -0.4 is 24.8 Å². The van der Waals surface area contributed by atoms with Gasteiger partial charge in [0.05, 0.1) is 13.2 Å². The first kappa shape index (κ1) is 21.0. The van der Waals surface area contributed by atoms with E-state index in [1.165, 1.54) is 0 Å². The Morgan fingerprint density at radius 3 is 2.45 bits per heavy atom. The van der Waals surface area contributed by atoms with E-state index in [0.29, 0.717) is 56.3 Å². The molecule has 2 aromatic rings. The fraction of sp³-hybridized carbons (Fsp3) is 0.391. The van der Waals surface area contributed by atoms with Crippen LogP contribution in [0, 0.1) is 5.92 Å². The maximum Gasteiger partial charge on any atom is 0.238 e. The fourth-order valence-electron chi connectivity index (χ4n) is 3.78. The van der Waals surface area contributed by atoms with Crippen LogP contribution in [0.3, 0.4) is 0 Å². The highest BCUT2D eigenvalue weighted by Gasteiger charge is 2.26.